The first kappa shape index (κ1) is 19.5. The summed E-state index contributed by atoms with van der Waals surface area (Å²) in [6.07, 6.45) is 16.7. The van der Waals surface area contributed by atoms with E-state index in [4.69, 9.17) is 0 Å². The second kappa shape index (κ2) is 9.10. The van der Waals surface area contributed by atoms with Gasteiger partial charge in [-0.25, -0.2) is 13.2 Å². The summed E-state index contributed by atoms with van der Waals surface area (Å²) in [4.78, 5) is 0. The van der Waals surface area contributed by atoms with Crippen molar-refractivity contribution in [1.82, 2.24) is 0 Å². The van der Waals surface area contributed by atoms with Crippen LogP contribution in [0.15, 0.2) is 24.3 Å². The van der Waals surface area contributed by atoms with E-state index in [1.807, 2.05) is 0 Å². The van der Waals surface area contributed by atoms with Gasteiger partial charge in [-0.05, 0) is 99.7 Å². The Bertz CT molecular complexity index is 583. The normalized spacial score (nSPS) is 30.0. The highest BCUT2D eigenvalue weighted by molar-refractivity contribution is 5.23. The molecule has 2 fully saturated rings. The van der Waals surface area contributed by atoms with Crippen LogP contribution in [0.4, 0.5) is 13.2 Å². The Morgan fingerprint density at radius 3 is 1.81 bits per heavy atom. The summed E-state index contributed by atoms with van der Waals surface area (Å²) in [7, 11) is 0. The second-order valence-corrected chi connectivity index (χ2v) is 8.40. The maximum absolute atomic E-state index is 13.5. The molecule has 0 amide bonds. The fourth-order valence-electron chi connectivity index (χ4n) is 5.01. The largest absolute Gasteiger partial charge is 0.204 e. The molecule has 3 heteroatoms. The third-order valence-corrected chi connectivity index (χ3v) is 6.66. The average Bonchev–Trinajstić information content (AvgIpc) is 2.66. The van der Waals surface area contributed by atoms with Gasteiger partial charge in [-0.3, -0.25) is 0 Å². The molecule has 0 heterocycles. The molecule has 0 nitrogen and oxygen atoms in total. The maximum Gasteiger partial charge on any atom is 0.194 e. The minimum Gasteiger partial charge on any atom is -0.204 e. The van der Waals surface area contributed by atoms with Crippen LogP contribution in [-0.4, -0.2) is 0 Å². The summed E-state index contributed by atoms with van der Waals surface area (Å²) in [5.41, 5.74) is 0.627. The van der Waals surface area contributed by atoms with E-state index in [9.17, 15) is 13.2 Å². The molecule has 1 aromatic carbocycles. The summed E-state index contributed by atoms with van der Waals surface area (Å²) < 4.78 is 40.0. The van der Waals surface area contributed by atoms with Crippen molar-refractivity contribution in [3.05, 3.63) is 47.3 Å². The first-order valence-corrected chi connectivity index (χ1v) is 10.3. The molecular formula is C23H31F3. The summed E-state index contributed by atoms with van der Waals surface area (Å²) in [6, 6.07) is 2.37. The van der Waals surface area contributed by atoms with Crippen molar-refractivity contribution in [1.29, 1.82) is 0 Å². The first-order chi connectivity index (χ1) is 12.6. The van der Waals surface area contributed by atoms with Crippen LogP contribution in [0, 0.1) is 35.2 Å². The van der Waals surface area contributed by atoms with Gasteiger partial charge in [-0.15, -0.1) is 0 Å². The molecule has 0 aromatic heterocycles. The third kappa shape index (κ3) is 4.92. The summed E-state index contributed by atoms with van der Waals surface area (Å²) >= 11 is 0. The molecule has 2 saturated carbocycles. The quantitative estimate of drug-likeness (QED) is 0.374. The summed E-state index contributed by atoms with van der Waals surface area (Å²) in [5.74, 6) is -0.877. The first-order valence-electron chi connectivity index (χ1n) is 10.3. The van der Waals surface area contributed by atoms with Crippen LogP contribution < -0.4 is 0 Å². The van der Waals surface area contributed by atoms with Crippen LogP contribution in [0.25, 0.3) is 0 Å². The van der Waals surface area contributed by atoms with E-state index >= 15 is 0 Å². The van der Waals surface area contributed by atoms with E-state index < -0.39 is 17.5 Å². The minimum atomic E-state index is -1.36. The zero-order chi connectivity index (χ0) is 18.5. The van der Waals surface area contributed by atoms with Crippen molar-refractivity contribution >= 4 is 0 Å². The number of benzene rings is 1. The summed E-state index contributed by atoms with van der Waals surface area (Å²) in [5, 5.41) is 0. The molecule has 26 heavy (non-hydrogen) atoms. The lowest BCUT2D eigenvalue weighted by Crippen LogP contribution is -2.17. The van der Waals surface area contributed by atoms with E-state index in [0.29, 0.717) is 5.56 Å². The number of halogens is 3. The lowest BCUT2D eigenvalue weighted by atomic mass is 9.74. The molecule has 144 valence electrons. The standard InChI is InChI=1S/C23H31F3/c1-2-3-16-4-6-17(7-5-16)8-9-18-10-12-19(13-11-18)20-14-21(24)23(26)22(25)15-20/h2-3,14-19H,4-13H2,1H3/b3-2+/t16-,17-,18-,19-. The van der Waals surface area contributed by atoms with Crippen molar-refractivity contribution < 1.29 is 13.2 Å². The van der Waals surface area contributed by atoms with E-state index in [1.165, 1.54) is 50.7 Å². The van der Waals surface area contributed by atoms with Crippen LogP contribution in [0.5, 0.6) is 0 Å². The Morgan fingerprint density at radius 1 is 0.808 bits per heavy atom. The van der Waals surface area contributed by atoms with Gasteiger partial charge in [0.15, 0.2) is 17.5 Å². The van der Waals surface area contributed by atoms with Gasteiger partial charge in [0.05, 0.1) is 0 Å². The molecule has 3 rings (SSSR count). The Labute approximate surface area is 155 Å². The Hall–Kier alpha value is -1.25. The van der Waals surface area contributed by atoms with Crippen molar-refractivity contribution in [2.24, 2.45) is 17.8 Å². The Balaban J connectivity index is 1.42. The van der Waals surface area contributed by atoms with Crippen molar-refractivity contribution in [3.8, 4) is 0 Å². The molecule has 0 unspecified atom stereocenters. The molecule has 0 atom stereocenters. The molecule has 0 bridgehead atoms. The highest BCUT2D eigenvalue weighted by atomic mass is 19.2. The maximum atomic E-state index is 13.5. The van der Waals surface area contributed by atoms with Crippen LogP contribution in [0.1, 0.15) is 82.6 Å². The predicted molar refractivity (Wildman–Crippen MR) is 101 cm³/mol. The number of hydrogen-bond donors (Lipinski definition) is 0. The van der Waals surface area contributed by atoms with Gasteiger partial charge in [-0.2, -0.15) is 0 Å². The zero-order valence-electron chi connectivity index (χ0n) is 15.8. The van der Waals surface area contributed by atoms with Crippen molar-refractivity contribution in [2.75, 3.05) is 0 Å². The molecule has 0 spiro atoms. The molecule has 0 radical (unpaired) electrons. The zero-order valence-corrected chi connectivity index (χ0v) is 15.8. The lowest BCUT2D eigenvalue weighted by Gasteiger charge is -2.31. The van der Waals surface area contributed by atoms with Crippen LogP contribution in [0.3, 0.4) is 0 Å². The topological polar surface area (TPSA) is 0 Å². The van der Waals surface area contributed by atoms with Gasteiger partial charge in [0, 0.05) is 0 Å². The molecule has 1 aromatic rings. The highest BCUT2D eigenvalue weighted by Crippen LogP contribution is 2.40. The molecule has 2 aliphatic rings. The second-order valence-electron chi connectivity index (χ2n) is 8.40. The van der Waals surface area contributed by atoms with Crippen LogP contribution in [0.2, 0.25) is 0 Å². The number of rotatable bonds is 5. The molecule has 0 saturated heterocycles. The number of hydrogen-bond acceptors (Lipinski definition) is 0. The van der Waals surface area contributed by atoms with Crippen LogP contribution >= 0.6 is 0 Å². The van der Waals surface area contributed by atoms with Crippen molar-refractivity contribution in [3.63, 3.8) is 0 Å². The van der Waals surface area contributed by atoms with Gasteiger partial charge in [0.25, 0.3) is 0 Å². The minimum absolute atomic E-state index is 0.173. The van der Waals surface area contributed by atoms with Gasteiger partial charge < -0.3 is 0 Å². The lowest BCUT2D eigenvalue weighted by molar-refractivity contribution is 0.246. The average molecular weight is 364 g/mol. The Morgan fingerprint density at radius 2 is 1.31 bits per heavy atom. The van der Waals surface area contributed by atoms with Gasteiger partial charge in [-0.1, -0.05) is 25.0 Å². The Kier molecular flexibility index (Phi) is 6.83. The molecular weight excluding hydrogens is 333 g/mol. The van der Waals surface area contributed by atoms with Crippen LogP contribution in [-0.2, 0) is 0 Å². The molecule has 0 N–H and O–H groups in total. The van der Waals surface area contributed by atoms with E-state index in [2.05, 4.69) is 19.1 Å². The third-order valence-electron chi connectivity index (χ3n) is 6.66. The molecule has 2 aliphatic carbocycles. The highest BCUT2D eigenvalue weighted by Gasteiger charge is 2.26. The van der Waals surface area contributed by atoms with Gasteiger partial charge >= 0.3 is 0 Å². The van der Waals surface area contributed by atoms with Gasteiger partial charge in [0.2, 0.25) is 0 Å². The SMILES string of the molecule is C/C=C/[C@H]1CC[C@H](CC[C@H]2CC[C@H](c3cc(F)c(F)c(F)c3)CC2)CC1. The van der Waals surface area contributed by atoms with E-state index in [-0.39, 0.29) is 5.92 Å². The van der Waals surface area contributed by atoms with E-state index in [0.717, 1.165) is 43.4 Å². The predicted octanol–water partition coefficient (Wildman–Crippen LogP) is 7.54. The smallest absolute Gasteiger partial charge is 0.194 e. The van der Waals surface area contributed by atoms with Gasteiger partial charge in [0.1, 0.15) is 0 Å². The monoisotopic (exact) mass is 364 g/mol. The fourth-order valence-corrected chi connectivity index (χ4v) is 5.01. The van der Waals surface area contributed by atoms with Crippen molar-refractivity contribution in [2.45, 2.75) is 77.0 Å². The number of allylic oxidation sites excluding steroid dienone is 2. The molecule has 0 aliphatic heterocycles. The fraction of sp³-hybridized carbons (Fsp3) is 0.652. The van der Waals surface area contributed by atoms with E-state index in [1.54, 1.807) is 0 Å². The summed E-state index contributed by atoms with van der Waals surface area (Å²) in [6.45, 7) is 2.11.